The van der Waals surface area contributed by atoms with Crippen LogP contribution in [0.2, 0.25) is 0 Å². The number of nitrogens with one attached hydrogen (secondary N) is 2. The van der Waals surface area contributed by atoms with E-state index in [0.29, 0.717) is 23.6 Å². The van der Waals surface area contributed by atoms with Crippen molar-refractivity contribution < 1.29 is 19.1 Å². The molecule has 2 N–H and O–H groups in total. The highest BCUT2D eigenvalue weighted by atomic mass is 16.5. The average Bonchev–Trinajstić information content (AvgIpc) is 3.20. The van der Waals surface area contributed by atoms with E-state index >= 15 is 0 Å². The molecule has 1 aromatic heterocycles. The molecule has 4 bridgehead atoms. The number of aromatic nitrogens is 4. The Labute approximate surface area is 197 Å². The first-order valence-corrected chi connectivity index (χ1v) is 11.7. The molecule has 10 nitrogen and oxygen atoms in total. The number of hydrogen-bond donors (Lipinski definition) is 2. The number of urea groups is 1. The predicted molar refractivity (Wildman–Crippen MR) is 122 cm³/mol. The summed E-state index contributed by atoms with van der Waals surface area (Å²) < 4.78 is 6.44. The molecule has 10 heteroatoms. The topological polar surface area (TPSA) is 128 Å². The van der Waals surface area contributed by atoms with Crippen LogP contribution in [-0.4, -0.2) is 50.3 Å². The lowest BCUT2D eigenvalue weighted by atomic mass is 9.53. The minimum atomic E-state index is -0.782. The van der Waals surface area contributed by atoms with E-state index in [1.807, 2.05) is 30.3 Å². The molecule has 4 saturated carbocycles. The number of benzene rings is 1. The SMILES string of the molecule is Cc1nnnn1/C(=C/c1ccccc1)C(=O)OCC(=O)NC(=O)NC12CC3CC(CC(C3)C1)C2. The Morgan fingerprint density at radius 1 is 1.09 bits per heavy atom. The average molecular weight is 465 g/mol. The largest absolute Gasteiger partial charge is 0.451 e. The van der Waals surface area contributed by atoms with E-state index in [2.05, 4.69) is 26.2 Å². The third-order valence-electron chi connectivity index (χ3n) is 7.17. The van der Waals surface area contributed by atoms with Crippen molar-refractivity contribution in [3.63, 3.8) is 0 Å². The summed E-state index contributed by atoms with van der Waals surface area (Å²) in [4.78, 5) is 37.7. The van der Waals surface area contributed by atoms with E-state index in [-0.39, 0.29) is 11.2 Å². The number of imide groups is 1. The maximum absolute atomic E-state index is 12.8. The van der Waals surface area contributed by atoms with Crippen LogP contribution in [0.15, 0.2) is 30.3 Å². The van der Waals surface area contributed by atoms with Gasteiger partial charge in [-0.1, -0.05) is 30.3 Å². The maximum Gasteiger partial charge on any atom is 0.357 e. The Hall–Kier alpha value is -3.56. The van der Waals surface area contributed by atoms with Gasteiger partial charge in [0.15, 0.2) is 18.1 Å². The molecular weight excluding hydrogens is 436 g/mol. The molecular formula is C24H28N6O4. The van der Waals surface area contributed by atoms with Crippen LogP contribution in [0.5, 0.6) is 0 Å². The zero-order valence-electron chi connectivity index (χ0n) is 19.1. The standard InChI is InChI=1S/C24H28N6O4/c1-15-27-28-29-30(15)20(10-16-5-3-2-4-6-16)22(32)34-14-21(31)25-23(33)26-24-11-17-7-18(12-24)9-19(8-17)13-24/h2-6,10,17-19H,7-9,11-14H2,1H3,(H2,25,26,31,33)/b20-10+. The van der Waals surface area contributed by atoms with Gasteiger partial charge in [-0.3, -0.25) is 10.1 Å². The summed E-state index contributed by atoms with van der Waals surface area (Å²) in [6.45, 7) is 1.05. The number of ether oxygens (including phenoxy) is 1. The van der Waals surface area contributed by atoms with Crippen molar-refractivity contribution in [2.24, 2.45) is 17.8 Å². The van der Waals surface area contributed by atoms with E-state index in [4.69, 9.17) is 4.74 Å². The number of rotatable bonds is 6. The molecule has 0 saturated heterocycles. The molecule has 0 radical (unpaired) electrons. The van der Waals surface area contributed by atoms with Crippen LogP contribution in [-0.2, 0) is 14.3 Å². The van der Waals surface area contributed by atoms with Crippen molar-refractivity contribution in [2.45, 2.75) is 51.0 Å². The van der Waals surface area contributed by atoms with Gasteiger partial charge in [-0.2, -0.15) is 4.68 Å². The van der Waals surface area contributed by atoms with Crippen LogP contribution in [0, 0.1) is 24.7 Å². The minimum absolute atomic E-state index is 0.0551. The molecule has 0 unspecified atom stereocenters. The highest BCUT2D eigenvalue weighted by Crippen LogP contribution is 2.55. The molecule has 4 aliphatic carbocycles. The molecule has 2 aromatic rings. The van der Waals surface area contributed by atoms with E-state index < -0.39 is 24.5 Å². The Kier molecular flexibility index (Phi) is 5.89. The second kappa shape index (κ2) is 9.00. The van der Waals surface area contributed by atoms with E-state index in [1.165, 1.54) is 23.9 Å². The summed E-state index contributed by atoms with van der Waals surface area (Å²) in [5.41, 5.74) is 0.585. The third kappa shape index (κ3) is 4.71. The Balaban J connectivity index is 1.19. The monoisotopic (exact) mass is 464 g/mol. The molecule has 4 fully saturated rings. The molecule has 178 valence electrons. The van der Waals surface area contributed by atoms with Gasteiger partial charge in [0.1, 0.15) is 0 Å². The smallest absolute Gasteiger partial charge is 0.357 e. The first-order valence-electron chi connectivity index (χ1n) is 11.7. The molecule has 34 heavy (non-hydrogen) atoms. The number of amides is 3. The first kappa shape index (κ1) is 22.2. The summed E-state index contributed by atoms with van der Waals surface area (Å²) >= 11 is 0. The highest BCUT2D eigenvalue weighted by molar-refractivity contribution is 6.15. The number of carbonyl (C=O) groups is 3. The Morgan fingerprint density at radius 3 is 2.32 bits per heavy atom. The van der Waals surface area contributed by atoms with Crippen molar-refractivity contribution >= 4 is 29.7 Å². The number of hydrogen-bond acceptors (Lipinski definition) is 7. The predicted octanol–water partition coefficient (Wildman–Crippen LogP) is 2.32. The molecule has 3 amide bonds. The minimum Gasteiger partial charge on any atom is -0.451 e. The first-order chi connectivity index (χ1) is 16.4. The summed E-state index contributed by atoms with van der Waals surface area (Å²) in [7, 11) is 0. The fourth-order valence-electron chi connectivity index (χ4n) is 6.27. The maximum atomic E-state index is 12.8. The second-order valence-corrected chi connectivity index (χ2v) is 9.85. The lowest BCUT2D eigenvalue weighted by molar-refractivity contribution is -0.143. The van der Waals surface area contributed by atoms with Crippen molar-refractivity contribution in [1.29, 1.82) is 0 Å². The summed E-state index contributed by atoms with van der Waals surface area (Å²) in [6.07, 6.45) is 8.30. The molecule has 1 aromatic carbocycles. The van der Waals surface area contributed by atoms with Gasteiger partial charge in [-0.15, -0.1) is 5.10 Å². The fourth-order valence-corrected chi connectivity index (χ4v) is 6.27. The van der Waals surface area contributed by atoms with Crippen molar-refractivity contribution in [1.82, 2.24) is 30.8 Å². The van der Waals surface area contributed by atoms with Gasteiger partial charge in [-0.25, -0.2) is 9.59 Å². The number of nitrogens with zero attached hydrogens (tertiary/aromatic N) is 4. The Morgan fingerprint density at radius 2 is 1.74 bits per heavy atom. The second-order valence-electron chi connectivity index (χ2n) is 9.85. The van der Waals surface area contributed by atoms with Gasteiger partial charge in [0.25, 0.3) is 5.91 Å². The molecule has 0 atom stereocenters. The summed E-state index contributed by atoms with van der Waals surface area (Å²) in [6, 6.07) is 8.62. The van der Waals surface area contributed by atoms with Gasteiger partial charge in [0.05, 0.1) is 0 Å². The lowest BCUT2D eigenvalue weighted by Crippen LogP contribution is -2.62. The van der Waals surface area contributed by atoms with Crippen LogP contribution < -0.4 is 10.6 Å². The summed E-state index contributed by atoms with van der Waals surface area (Å²) in [5.74, 6) is 0.936. The summed E-state index contributed by atoms with van der Waals surface area (Å²) in [5, 5.41) is 16.6. The molecule has 0 aliphatic heterocycles. The van der Waals surface area contributed by atoms with Crippen LogP contribution in [0.4, 0.5) is 4.79 Å². The molecule has 0 spiro atoms. The van der Waals surface area contributed by atoms with Crippen LogP contribution >= 0.6 is 0 Å². The van der Waals surface area contributed by atoms with E-state index in [0.717, 1.165) is 24.8 Å². The van der Waals surface area contributed by atoms with Gasteiger partial charge < -0.3 is 10.1 Å². The van der Waals surface area contributed by atoms with Crippen molar-refractivity contribution in [2.75, 3.05) is 6.61 Å². The number of esters is 1. The van der Waals surface area contributed by atoms with E-state index in [9.17, 15) is 14.4 Å². The van der Waals surface area contributed by atoms with Crippen LogP contribution in [0.1, 0.15) is 49.9 Å². The Bertz CT molecular complexity index is 1090. The number of aryl methyl sites for hydroxylation is 1. The number of tetrazole rings is 1. The highest BCUT2D eigenvalue weighted by Gasteiger charge is 2.51. The molecule has 6 rings (SSSR count). The number of carbonyl (C=O) groups excluding carboxylic acids is 3. The van der Waals surface area contributed by atoms with Gasteiger partial charge in [0, 0.05) is 5.54 Å². The van der Waals surface area contributed by atoms with Crippen LogP contribution in [0.25, 0.3) is 11.8 Å². The van der Waals surface area contributed by atoms with Crippen LogP contribution in [0.3, 0.4) is 0 Å². The van der Waals surface area contributed by atoms with Gasteiger partial charge in [-0.05, 0) is 85.3 Å². The zero-order chi connectivity index (χ0) is 23.7. The van der Waals surface area contributed by atoms with Gasteiger partial charge in [0.2, 0.25) is 0 Å². The zero-order valence-corrected chi connectivity index (χ0v) is 19.1. The normalized spacial score (nSPS) is 27.3. The fraction of sp³-hybridized carbons (Fsp3) is 0.500. The van der Waals surface area contributed by atoms with E-state index in [1.54, 1.807) is 13.0 Å². The van der Waals surface area contributed by atoms with Crippen molar-refractivity contribution in [3.05, 3.63) is 41.7 Å². The van der Waals surface area contributed by atoms with Gasteiger partial charge >= 0.3 is 12.0 Å². The quantitative estimate of drug-likeness (QED) is 0.496. The third-order valence-corrected chi connectivity index (χ3v) is 7.17. The van der Waals surface area contributed by atoms with Crippen molar-refractivity contribution in [3.8, 4) is 0 Å². The molecule has 1 heterocycles. The lowest BCUT2D eigenvalue weighted by Gasteiger charge is -2.56. The molecule has 4 aliphatic rings.